The molecule has 3 rings (SSSR count). The zero-order valence-corrected chi connectivity index (χ0v) is 12.3. The third kappa shape index (κ3) is 2.44. The van der Waals surface area contributed by atoms with Gasteiger partial charge >= 0.3 is 0 Å². The van der Waals surface area contributed by atoms with Crippen molar-refractivity contribution < 1.29 is 0 Å². The lowest BCUT2D eigenvalue weighted by Crippen LogP contribution is -2.03. The van der Waals surface area contributed by atoms with Crippen molar-refractivity contribution in [2.24, 2.45) is 0 Å². The van der Waals surface area contributed by atoms with Gasteiger partial charge in [0, 0.05) is 46.1 Å². The van der Waals surface area contributed by atoms with E-state index in [-0.39, 0.29) is 0 Å². The second kappa shape index (κ2) is 5.46. The summed E-state index contributed by atoms with van der Waals surface area (Å²) in [6, 6.07) is 9.78. The van der Waals surface area contributed by atoms with E-state index in [9.17, 15) is 0 Å². The lowest BCUT2D eigenvalue weighted by molar-refractivity contribution is 1.10. The molecule has 0 saturated carbocycles. The SMILES string of the molecule is Nc1cccc2c(Br)cnc(NCc3ccncc3)c12. The third-order valence-electron chi connectivity index (χ3n) is 3.11. The van der Waals surface area contributed by atoms with E-state index in [4.69, 9.17) is 5.73 Å². The van der Waals surface area contributed by atoms with Gasteiger partial charge in [-0.3, -0.25) is 4.98 Å². The quantitative estimate of drug-likeness (QED) is 0.721. The molecule has 0 unspecified atom stereocenters. The molecule has 0 aliphatic rings. The van der Waals surface area contributed by atoms with Crippen LogP contribution in [0, 0.1) is 0 Å². The van der Waals surface area contributed by atoms with E-state index in [1.807, 2.05) is 30.3 Å². The molecule has 1 aromatic carbocycles. The molecule has 100 valence electrons. The van der Waals surface area contributed by atoms with Crippen LogP contribution >= 0.6 is 15.9 Å². The summed E-state index contributed by atoms with van der Waals surface area (Å²) in [6.45, 7) is 0.681. The fourth-order valence-corrected chi connectivity index (χ4v) is 2.54. The Bertz CT molecular complexity index is 743. The fraction of sp³-hybridized carbons (Fsp3) is 0.0667. The Kier molecular flexibility index (Phi) is 3.52. The third-order valence-corrected chi connectivity index (χ3v) is 3.74. The Morgan fingerprint density at radius 2 is 1.95 bits per heavy atom. The summed E-state index contributed by atoms with van der Waals surface area (Å²) in [4.78, 5) is 8.44. The van der Waals surface area contributed by atoms with Gasteiger partial charge in [-0.05, 0) is 39.7 Å². The molecular formula is C15H13BrN4. The molecular weight excluding hydrogens is 316 g/mol. The normalized spacial score (nSPS) is 10.7. The predicted molar refractivity (Wildman–Crippen MR) is 85.4 cm³/mol. The summed E-state index contributed by atoms with van der Waals surface area (Å²) in [5, 5.41) is 5.33. The van der Waals surface area contributed by atoms with Gasteiger partial charge in [0.2, 0.25) is 0 Å². The molecule has 0 atom stereocenters. The second-order valence-corrected chi connectivity index (χ2v) is 5.29. The number of hydrogen-bond donors (Lipinski definition) is 2. The maximum absolute atomic E-state index is 6.08. The van der Waals surface area contributed by atoms with Gasteiger partial charge in [0.1, 0.15) is 5.82 Å². The molecule has 0 fully saturated rings. The molecule has 0 radical (unpaired) electrons. The number of halogens is 1. The minimum atomic E-state index is 0.681. The van der Waals surface area contributed by atoms with Gasteiger partial charge in [0.05, 0.1) is 0 Å². The van der Waals surface area contributed by atoms with Crippen LogP contribution in [-0.2, 0) is 6.54 Å². The first-order valence-electron chi connectivity index (χ1n) is 6.21. The number of rotatable bonds is 3. The van der Waals surface area contributed by atoms with Gasteiger partial charge in [0.25, 0.3) is 0 Å². The number of fused-ring (bicyclic) bond motifs is 1. The summed E-state index contributed by atoms with van der Waals surface area (Å²) < 4.78 is 0.939. The van der Waals surface area contributed by atoms with Gasteiger partial charge in [0.15, 0.2) is 0 Å². The Hall–Kier alpha value is -2.14. The number of aromatic nitrogens is 2. The van der Waals surface area contributed by atoms with Crippen LogP contribution in [0.25, 0.3) is 10.8 Å². The predicted octanol–water partition coefficient (Wildman–Crippen LogP) is 3.59. The average Bonchev–Trinajstić information content (AvgIpc) is 2.48. The van der Waals surface area contributed by atoms with Crippen LogP contribution in [0.1, 0.15) is 5.56 Å². The van der Waals surface area contributed by atoms with Crippen LogP contribution in [0.3, 0.4) is 0 Å². The Morgan fingerprint density at radius 3 is 2.75 bits per heavy atom. The second-order valence-electron chi connectivity index (χ2n) is 4.43. The number of hydrogen-bond acceptors (Lipinski definition) is 4. The lowest BCUT2D eigenvalue weighted by atomic mass is 10.1. The first-order chi connectivity index (χ1) is 9.75. The van der Waals surface area contributed by atoms with Crippen molar-refractivity contribution in [3.05, 3.63) is 59.0 Å². The van der Waals surface area contributed by atoms with Crippen LogP contribution in [0.2, 0.25) is 0 Å². The molecule has 0 spiro atoms. The van der Waals surface area contributed by atoms with Gasteiger partial charge < -0.3 is 11.1 Å². The van der Waals surface area contributed by atoms with Crippen LogP contribution < -0.4 is 11.1 Å². The van der Waals surface area contributed by atoms with Crippen LogP contribution in [-0.4, -0.2) is 9.97 Å². The number of benzene rings is 1. The molecule has 0 aliphatic heterocycles. The van der Waals surface area contributed by atoms with Crippen molar-refractivity contribution in [3.63, 3.8) is 0 Å². The molecule has 0 amide bonds. The number of anilines is 2. The summed E-state index contributed by atoms with van der Waals surface area (Å²) in [7, 11) is 0. The summed E-state index contributed by atoms with van der Waals surface area (Å²) in [5.41, 5.74) is 7.95. The fourth-order valence-electron chi connectivity index (χ4n) is 2.11. The highest BCUT2D eigenvalue weighted by Gasteiger charge is 2.08. The number of nitrogens with one attached hydrogen (secondary N) is 1. The highest BCUT2D eigenvalue weighted by atomic mass is 79.9. The van der Waals surface area contributed by atoms with E-state index in [0.717, 1.165) is 26.6 Å². The topological polar surface area (TPSA) is 63.8 Å². The Morgan fingerprint density at radius 1 is 1.15 bits per heavy atom. The number of pyridine rings is 2. The highest BCUT2D eigenvalue weighted by Crippen LogP contribution is 2.32. The van der Waals surface area contributed by atoms with Crippen LogP contribution in [0.5, 0.6) is 0 Å². The zero-order chi connectivity index (χ0) is 13.9. The number of nitrogen functional groups attached to an aromatic ring is 1. The largest absolute Gasteiger partial charge is 0.398 e. The molecule has 0 bridgehead atoms. The highest BCUT2D eigenvalue weighted by molar-refractivity contribution is 9.10. The van der Waals surface area contributed by atoms with E-state index < -0.39 is 0 Å². The monoisotopic (exact) mass is 328 g/mol. The Balaban J connectivity index is 1.98. The standard InChI is InChI=1S/C15H13BrN4/c16-12-9-20-15(14-11(12)2-1-3-13(14)17)19-8-10-4-6-18-7-5-10/h1-7,9H,8,17H2,(H,19,20). The van der Waals surface area contributed by atoms with E-state index in [0.29, 0.717) is 12.2 Å². The average molecular weight is 329 g/mol. The van der Waals surface area contributed by atoms with E-state index in [1.54, 1.807) is 18.6 Å². The lowest BCUT2D eigenvalue weighted by Gasteiger charge is -2.11. The molecule has 5 heteroatoms. The van der Waals surface area contributed by atoms with Crippen molar-refractivity contribution >= 4 is 38.2 Å². The minimum absolute atomic E-state index is 0.681. The molecule has 0 aliphatic carbocycles. The molecule has 0 saturated heterocycles. The maximum atomic E-state index is 6.08. The molecule has 2 aromatic heterocycles. The molecule has 4 nitrogen and oxygen atoms in total. The van der Waals surface area contributed by atoms with Crippen molar-refractivity contribution in [3.8, 4) is 0 Å². The number of nitrogens with zero attached hydrogens (tertiary/aromatic N) is 2. The van der Waals surface area contributed by atoms with Gasteiger partial charge in [-0.2, -0.15) is 0 Å². The van der Waals surface area contributed by atoms with Crippen molar-refractivity contribution in [1.29, 1.82) is 0 Å². The van der Waals surface area contributed by atoms with E-state index in [2.05, 4.69) is 31.2 Å². The minimum Gasteiger partial charge on any atom is -0.398 e. The van der Waals surface area contributed by atoms with Crippen molar-refractivity contribution in [2.45, 2.75) is 6.54 Å². The van der Waals surface area contributed by atoms with Gasteiger partial charge in [-0.15, -0.1) is 0 Å². The van der Waals surface area contributed by atoms with Gasteiger partial charge in [-0.25, -0.2) is 4.98 Å². The van der Waals surface area contributed by atoms with E-state index >= 15 is 0 Å². The van der Waals surface area contributed by atoms with Crippen LogP contribution in [0.4, 0.5) is 11.5 Å². The smallest absolute Gasteiger partial charge is 0.136 e. The summed E-state index contributed by atoms with van der Waals surface area (Å²) >= 11 is 3.51. The van der Waals surface area contributed by atoms with Crippen LogP contribution in [0.15, 0.2) is 53.4 Å². The summed E-state index contributed by atoms with van der Waals surface area (Å²) in [6.07, 6.45) is 5.34. The van der Waals surface area contributed by atoms with E-state index in [1.165, 1.54) is 0 Å². The first kappa shape index (κ1) is 12.9. The Labute approximate surface area is 125 Å². The number of nitrogens with two attached hydrogens (primary N) is 1. The molecule has 2 heterocycles. The maximum Gasteiger partial charge on any atom is 0.136 e. The first-order valence-corrected chi connectivity index (χ1v) is 7.00. The zero-order valence-electron chi connectivity index (χ0n) is 10.7. The molecule has 3 aromatic rings. The molecule has 20 heavy (non-hydrogen) atoms. The molecule has 3 N–H and O–H groups in total. The summed E-state index contributed by atoms with van der Waals surface area (Å²) in [5.74, 6) is 0.790. The van der Waals surface area contributed by atoms with Gasteiger partial charge in [-0.1, -0.05) is 12.1 Å². The van der Waals surface area contributed by atoms with Crippen molar-refractivity contribution in [1.82, 2.24) is 9.97 Å². The van der Waals surface area contributed by atoms with Crippen molar-refractivity contribution in [2.75, 3.05) is 11.1 Å².